The number of rotatable bonds is 3. The molecule has 5 rings (SSSR count). The maximum absolute atomic E-state index is 13.3. The predicted molar refractivity (Wildman–Crippen MR) is 123 cm³/mol. The number of benzene rings is 1. The molecule has 4 heterocycles. The normalized spacial score (nSPS) is 15.5. The molecule has 1 aliphatic heterocycles. The lowest BCUT2D eigenvalue weighted by atomic mass is 10.1. The van der Waals surface area contributed by atoms with Gasteiger partial charge in [-0.15, -0.1) is 0 Å². The number of hydrogen-bond acceptors (Lipinski definition) is 10. The molecule has 1 amide bonds. The Morgan fingerprint density at radius 1 is 1.23 bits per heavy atom. The van der Waals surface area contributed by atoms with Crippen molar-refractivity contribution in [2.45, 2.75) is 19.4 Å². The third kappa shape index (κ3) is 4.42. The van der Waals surface area contributed by atoms with Gasteiger partial charge in [0.25, 0.3) is 5.91 Å². The molecule has 3 aromatic heterocycles. The molecule has 0 bridgehead atoms. The standard InChI is InChI=1S/C23H22N8O4/c1-14-26-21(29-35-14)23(2,33)7-5-15-3-4-16-17(13-15)31(18-6-8-25-22(24)27-18)28-19(16)20(32)30-9-11-34-12-10-30/h3-4,6,8,13,33H,9-12H2,1-2H3,(H2,24,25,27). The van der Waals surface area contributed by atoms with Crippen LogP contribution < -0.4 is 5.73 Å². The van der Waals surface area contributed by atoms with Crippen molar-refractivity contribution in [1.82, 2.24) is 34.8 Å². The quantitative estimate of drug-likeness (QED) is 0.407. The summed E-state index contributed by atoms with van der Waals surface area (Å²) in [5, 5.41) is 19.7. The highest BCUT2D eigenvalue weighted by molar-refractivity contribution is 6.05. The van der Waals surface area contributed by atoms with E-state index in [1.54, 1.807) is 36.1 Å². The minimum Gasteiger partial charge on any atom is -0.378 e. The van der Waals surface area contributed by atoms with Crippen LogP contribution in [0, 0.1) is 18.8 Å². The number of aromatic nitrogens is 6. The van der Waals surface area contributed by atoms with Crippen LogP contribution in [-0.2, 0) is 10.3 Å². The molecule has 0 saturated carbocycles. The lowest BCUT2D eigenvalue weighted by Crippen LogP contribution is -2.41. The summed E-state index contributed by atoms with van der Waals surface area (Å²) in [6.07, 6.45) is 1.52. The summed E-state index contributed by atoms with van der Waals surface area (Å²) >= 11 is 0. The molecule has 1 fully saturated rings. The van der Waals surface area contributed by atoms with Crippen molar-refractivity contribution in [3.63, 3.8) is 0 Å². The van der Waals surface area contributed by atoms with E-state index in [1.165, 1.54) is 17.8 Å². The van der Waals surface area contributed by atoms with Crippen LogP contribution >= 0.6 is 0 Å². The lowest BCUT2D eigenvalue weighted by Gasteiger charge is -2.26. The fourth-order valence-electron chi connectivity index (χ4n) is 3.67. The zero-order valence-electron chi connectivity index (χ0n) is 19.1. The number of aliphatic hydroxyl groups is 1. The average Bonchev–Trinajstić information content (AvgIpc) is 3.47. The predicted octanol–water partition coefficient (Wildman–Crippen LogP) is 0.821. The second kappa shape index (κ2) is 8.79. The number of fused-ring (bicyclic) bond motifs is 1. The van der Waals surface area contributed by atoms with Gasteiger partial charge in [0.05, 0.1) is 18.7 Å². The van der Waals surface area contributed by atoms with Gasteiger partial charge in [-0.2, -0.15) is 15.1 Å². The van der Waals surface area contributed by atoms with Crippen molar-refractivity contribution >= 4 is 22.8 Å². The fraction of sp³-hybridized carbons (Fsp3) is 0.304. The number of aryl methyl sites for hydroxylation is 1. The second-order valence-electron chi connectivity index (χ2n) is 8.13. The van der Waals surface area contributed by atoms with Crippen LogP contribution in [-0.4, -0.2) is 72.1 Å². The first-order valence-electron chi connectivity index (χ1n) is 10.9. The maximum Gasteiger partial charge on any atom is 0.275 e. The van der Waals surface area contributed by atoms with Gasteiger partial charge in [-0.25, -0.2) is 9.67 Å². The Kier molecular flexibility index (Phi) is 5.64. The van der Waals surface area contributed by atoms with Gasteiger partial charge in [-0.05, 0) is 25.1 Å². The van der Waals surface area contributed by atoms with Crippen LogP contribution in [0.2, 0.25) is 0 Å². The Hall–Kier alpha value is -4.34. The zero-order chi connectivity index (χ0) is 24.6. The summed E-state index contributed by atoms with van der Waals surface area (Å²) in [5.74, 6) is 6.40. The van der Waals surface area contributed by atoms with Gasteiger partial charge in [0.15, 0.2) is 17.1 Å². The van der Waals surface area contributed by atoms with Gasteiger partial charge in [0, 0.05) is 43.2 Å². The van der Waals surface area contributed by atoms with Crippen molar-refractivity contribution in [2.75, 3.05) is 32.0 Å². The first-order chi connectivity index (χ1) is 16.8. The van der Waals surface area contributed by atoms with Crippen LogP contribution in [0.5, 0.6) is 0 Å². The molecule has 0 radical (unpaired) electrons. The van der Waals surface area contributed by atoms with Gasteiger partial charge >= 0.3 is 0 Å². The van der Waals surface area contributed by atoms with Gasteiger partial charge < -0.3 is 25.0 Å². The van der Waals surface area contributed by atoms with Crippen LogP contribution in [0.25, 0.3) is 16.7 Å². The summed E-state index contributed by atoms with van der Waals surface area (Å²) in [6.45, 7) is 5.04. The molecule has 12 nitrogen and oxygen atoms in total. The largest absolute Gasteiger partial charge is 0.378 e. The molecule has 1 aliphatic rings. The second-order valence-corrected chi connectivity index (χ2v) is 8.13. The monoisotopic (exact) mass is 474 g/mol. The number of amides is 1. The van der Waals surface area contributed by atoms with E-state index in [0.717, 1.165) is 0 Å². The summed E-state index contributed by atoms with van der Waals surface area (Å²) in [6, 6.07) is 6.94. The summed E-state index contributed by atoms with van der Waals surface area (Å²) in [5.41, 5.74) is 5.62. The summed E-state index contributed by atoms with van der Waals surface area (Å²) < 4.78 is 11.8. The lowest BCUT2D eigenvalue weighted by molar-refractivity contribution is 0.0300. The molecule has 4 aromatic rings. The minimum atomic E-state index is -1.62. The Labute approximate surface area is 199 Å². The first-order valence-corrected chi connectivity index (χ1v) is 10.9. The fourth-order valence-corrected chi connectivity index (χ4v) is 3.67. The van der Waals surface area contributed by atoms with Crippen LogP contribution in [0.15, 0.2) is 35.0 Å². The molecule has 35 heavy (non-hydrogen) atoms. The van der Waals surface area contributed by atoms with E-state index in [2.05, 4.69) is 37.0 Å². The molecule has 1 atom stereocenters. The molecule has 3 N–H and O–H groups in total. The topological polar surface area (TPSA) is 158 Å². The van der Waals surface area contributed by atoms with Gasteiger partial charge in [-0.3, -0.25) is 4.79 Å². The third-order valence-corrected chi connectivity index (χ3v) is 5.47. The molecule has 0 aliphatic carbocycles. The number of carbonyl (C=O) groups excluding carboxylic acids is 1. The Bertz CT molecular complexity index is 1470. The molecular formula is C23H22N8O4. The Balaban J connectivity index is 1.59. The van der Waals surface area contributed by atoms with E-state index in [-0.39, 0.29) is 23.4 Å². The first kappa shape index (κ1) is 22.5. The maximum atomic E-state index is 13.3. The average molecular weight is 474 g/mol. The number of morpholine rings is 1. The van der Waals surface area contributed by atoms with Crippen LogP contribution in [0.4, 0.5) is 5.95 Å². The number of carbonyl (C=O) groups is 1. The highest BCUT2D eigenvalue weighted by Gasteiger charge is 2.27. The molecule has 1 unspecified atom stereocenters. The van der Waals surface area contributed by atoms with Crippen LogP contribution in [0.3, 0.4) is 0 Å². The number of nitrogen functional groups attached to an aromatic ring is 1. The van der Waals surface area contributed by atoms with Crippen molar-refractivity contribution < 1.29 is 19.2 Å². The molecule has 1 saturated heterocycles. The molecule has 12 heteroatoms. The molecular weight excluding hydrogens is 452 g/mol. The Morgan fingerprint density at radius 2 is 2.03 bits per heavy atom. The highest BCUT2D eigenvalue weighted by atomic mass is 16.5. The third-order valence-electron chi connectivity index (χ3n) is 5.47. The smallest absolute Gasteiger partial charge is 0.275 e. The number of hydrogen-bond donors (Lipinski definition) is 2. The summed E-state index contributed by atoms with van der Waals surface area (Å²) in [7, 11) is 0. The summed E-state index contributed by atoms with van der Waals surface area (Å²) in [4.78, 5) is 27.2. The number of anilines is 1. The minimum absolute atomic E-state index is 0.0727. The SMILES string of the molecule is Cc1nc(C(C)(O)C#Cc2ccc3c(C(=O)N4CCOCC4)nn(-c4ccnc(N)n4)c3c2)no1. The van der Waals surface area contributed by atoms with Gasteiger partial charge in [0.2, 0.25) is 17.7 Å². The van der Waals surface area contributed by atoms with Crippen molar-refractivity contribution in [2.24, 2.45) is 0 Å². The molecule has 0 spiro atoms. The zero-order valence-corrected chi connectivity index (χ0v) is 19.1. The van der Waals surface area contributed by atoms with E-state index < -0.39 is 5.60 Å². The van der Waals surface area contributed by atoms with E-state index in [9.17, 15) is 9.90 Å². The van der Waals surface area contributed by atoms with E-state index in [0.29, 0.717) is 54.5 Å². The van der Waals surface area contributed by atoms with E-state index >= 15 is 0 Å². The molecule has 178 valence electrons. The van der Waals surface area contributed by atoms with E-state index in [1.807, 2.05) is 0 Å². The van der Waals surface area contributed by atoms with Crippen LogP contribution in [0.1, 0.15) is 34.7 Å². The number of nitrogens with zero attached hydrogens (tertiary/aromatic N) is 7. The van der Waals surface area contributed by atoms with Crippen molar-refractivity contribution in [1.29, 1.82) is 0 Å². The number of ether oxygens (including phenoxy) is 1. The Morgan fingerprint density at radius 3 is 2.74 bits per heavy atom. The van der Waals surface area contributed by atoms with E-state index in [4.69, 9.17) is 15.0 Å². The van der Waals surface area contributed by atoms with Gasteiger partial charge in [0.1, 0.15) is 0 Å². The van der Waals surface area contributed by atoms with Gasteiger partial charge in [-0.1, -0.05) is 17.0 Å². The molecule has 1 aromatic carbocycles. The van der Waals surface area contributed by atoms with Crippen molar-refractivity contribution in [3.8, 4) is 17.7 Å². The van der Waals surface area contributed by atoms with Crippen molar-refractivity contribution in [3.05, 3.63) is 53.4 Å². The highest BCUT2D eigenvalue weighted by Crippen LogP contribution is 2.25. The number of nitrogens with two attached hydrogens (primary N) is 1.